The fourth-order valence-corrected chi connectivity index (χ4v) is 2.56. The van der Waals surface area contributed by atoms with E-state index in [1.54, 1.807) is 0 Å². The zero-order chi connectivity index (χ0) is 14.1. The molecule has 0 aromatic heterocycles. The second kappa shape index (κ2) is 5.25. The van der Waals surface area contributed by atoms with Gasteiger partial charge in [-0.05, 0) is 30.5 Å². The van der Waals surface area contributed by atoms with E-state index >= 15 is 0 Å². The molecule has 106 valence electrons. The van der Waals surface area contributed by atoms with Crippen LogP contribution in [0.1, 0.15) is 30.5 Å². The van der Waals surface area contributed by atoms with Crippen LogP contribution in [-0.2, 0) is 16.0 Å². The van der Waals surface area contributed by atoms with Crippen LogP contribution in [0.4, 0.5) is 5.69 Å². The number of anilines is 1. The zero-order valence-corrected chi connectivity index (χ0v) is 11.5. The number of carbonyl (C=O) groups excluding carboxylic acids is 2. The van der Waals surface area contributed by atoms with Crippen LogP contribution in [0.5, 0.6) is 0 Å². The lowest BCUT2D eigenvalue weighted by Gasteiger charge is -2.28. The van der Waals surface area contributed by atoms with Crippen molar-refractivity contribution in [3.8, 4) is 0 Å². The second-order valence-corrected chi connectivity index (χ2v) is 5.55. The highest BCUT2D eigenvalue weighted by atomic mass is 16.2. The van der Waals surface area contributed by atoms with Crippen LogP contribution in [0, 0.1) is 5.92 Å². The van der Waals surface area contributed by atoms with Crippen LogP contribution in [0.2, 0.25) is 0 Å². The minimum Gasteiger partial charge on any atom is -0.349 e. The Morgan fingerprint density at radius 2 is 2.15 bits per heavy atom. The fraction of sp³-hybridized carbons (Fsp3) is 0.467. The predicted octanol–water partition coefficient (Wildman–Crippen LogP) is 0.968. The van der Waals surface area contributed by atoms with Crippen molar-refractivity contribution in [3.05, 3.63) is 29.3 Å². The number of amides is 2. The van der Waals surface area contributed by atoms with Crippen LogP contribution < -0.4 is 16.0 Å². The summed E-state index contributed by atoms with van der Waals surface area (Å²) in [5.74, 6) is 0.292. The standard InChI is InChI=1S/C15H19N3O2/c1-9(17-15(20)12-7-16-8-12)10-2-4-13-11(6-10)3-5-14(19)18-13/h2,4,6,9,12,16H,3,5,7-8H2,1H3,(H,17,20)(H,18,19). The maximum Gasteiger partial charge on any atom is 0.226 e. The topological polar surface area (TPSA) is 70.2 Å². The number of carbonyl (C=O) groups is 2. The lowest BCUT2D eigenvalue weighted by atomic mass is 9.97. The van der Waals surface area contributed by atoms with Crippen molar-refractivity contribution in [3.63, 3.8) is 0 Å². The van der Waals surface area contributed by atoms with Crippen molar-refractivity contribution in [1.29, 1.82) is 0 Å². The molecule has 3 N–H and O–H groups in total. The zero-order valence-electron chi connectivity index (χ0n) is 11.5. The Bertz CT molecular complexity index is 552. The van der Waals surface area contributed by atoms with Crippen LogP contribution in [-0.4, -0.2) is 24.9 Å². The summed E-state index contributed by atoms with van der Waals surface area (Å²) in [4.78, 5) is 23.3. The van der Waals surface area contributed by atoms with Gasteiger partial charge in [-0.15, -0.1) is 0 Å². The molecule has 0 saturated carbocycles. The molecule has 1 fully saturated rings. The van der Waals surface area contributed by atoms with E-state index in [4.69, 9.17) is 0 Å². The molecule has 2 aliphatic rings. The highest BCUT2D eigenvalue weighted by molar-refractivity contribution is 5.93. The normalized spacial score (nSPS) is 19.6. The van der Waals surface area contributed by atoms with E-state index in [0.29, 0.717) is 6.42 Å². The average molecular weight is 273 g/mol. The number of hydrogen-bond acceptors (Lipinski definition) is 3. The van der Waals surface area contributed by atoms with Crippen molar-refractivity contribution >= 4 is 17.5 Å². The summed E-state index contributed by atoms with van der Waals surface area (Å²) in [6.45, 7) is 3.54. The second-order valence-electron chi connectivity index (χ2n) is 5.55. The van der Waals surface area contributed by atoms with Gasteiger partial charge in [0.25, 0.3) is 0 Å². The molecule has 2 aliphatic heterocycles. The van der Waals surface area contributed by atoms with E-state index in [1.807, 2.05) is 19.1 Å². The van der Waals surface area contributed by atoms with Crippen molar-refractivity contribution in [2.45, 2.75) is 25.8 Å². The molecule has 0 spiro atoms. The fourth-order valence-electron chi connectivity index (χ4n) is 2.56. The van der Waals surface area contributed by atoms with Gasteiger partial charge in [-0.2, -0.15) is 0 Å². The number of hydrogen-bond donors (Lipinski definition) is 3. The number of nitrogens with one attached hydrogen (secondary N) is 3. The van der Waals surface area contributed by atoms with E-state index in [2.05, 4.69) is 22.0 Å². The van der Waals surface area contributed by atoms with Gasteiger partial charge in [0.05, 0.1) is 12.0 Å². The molecule has 2 heterocycles. The number of fused-ring (bicyclic) bond motifs is 1. The Morgan fingerprint density at radius 3 is 2.85 bits per heavy atom. The summed E-state index contributed by atoms with van der Waals surface area (Å²) in [5, 5.41) is 9.02. The van der Waals surface area contributed by atoms with E-state index < -0.39 is 0 Å². The predicted molar refractivity (Wildman–Crippen MR) is 76.3 cm³/mol. The first-order chi connectivity index (χ1) is 9.63. The minimum atomic E-state index is -0.00831. The highest BCUT2D eigenvalue weighted by Crippen LogP contribution is 2.26. The van der Waals surface area contributed by atoms with Gasteiger partial charge in [-0.25, -0.2) is 0 Å². The molecule has 0 radical (unpaired) electrons. The molecule has 5 nitrogen and oxygen atoms in total. The quantitative estimate of drug-likeness (QED) is 0.768. The van der Waals surface area contributed by atoms with Gasteiger partial charge in [0.1, 0.15) is 0 Å². The molecule has 1 unspecified atom stereocenters. The van der Waals surface area contributed by atoms with Crippen molar-refractivity contribution in [2.24, 2.45) is 5.92 Å². The molecular weight excluding hydrogens is 254 g/mol. The summed E-state index contributed by atoms with van der Waals surface area (Å²) in [5.41, 5.74) is 3.13. The van der Waals surface area contributed by atoms with Crippen LogP contribution in [0.3, 0.4) is 0 Å². The first-order valence-corrected chi connectivity index (χ1v) is 7.07. The third-order valence-corrected chi connectivity index (χ3v) is 4.04. The van der Waals surface area contributed by atoms with Gasteiger partial charge < -0.3 is 16.0 Å². The van der Waals surface area contributed by atoms with Crippen molar-refractivity contribution < 1.29 is 9.59 Å². The summed E-state index contributed by atoms with van der Waals surface area (Å²) in [6, 6.07) is 5.97. The lowest BCUT2D eigenvalue weighted by molar-refractivity contribution is -0.127. The van der Waals surface area contributed by atoms with Crippen molar-refractivity contribution in [1.82, 2.24) is 10.6 Å². The Labute approximate surface area is 118 Å². The van der Waals surface area contributed by atoms with Crippen LogP contribution in [0.15, 0.2) is 18.2 Å². The molecule has 2 amide bonds. The largest absolute Gasteiger partial charge is 0.349 e. The van der Waals surface area contributed by atoms with Crippen LogP contribution >= 0.6 is 0 Å². The SMILES string of the molecule is CC(NC(=O)C1CNC1)c1ccc2c(c1)CCC(=O)N2. The monoisotopic (exact) mass is 273 g/mol. The number of benzene rings is 1. The average Bonchev–Trinajstić information content (AvgIpc) is 2.35. The molecular formula is C15H19N3O2. The molecule has 1 aromatic rings. The minimum absolute atomic E-state index is 0.00831. The molecule has 1 aromatic carbocycles. The van der Waals surface area contributed by atoms with E-state index in [0.717, 1.165) is 36.3 Å². The smallest absolute Gasteiger partial charge is 0.226 e. The van der Waals surface area contributed by atoms with Crippen LogP contribution in [0.25, 0.3) is 0 Å². The van der Waals surface area contributed by atoms with Gasteiger partial charge in [-0.1, -0.05) is 12.1 Å². The van der Waals surface area contributed by atoms with E-state index in [1.165, 1.54) is 0 Å². The summed E-state index contributed by atoms with van der Waals surface area (Å²) < 4.78 is 0. The maximum absolute atomic E-state index is 11.9. The Kier molecular flexibility index (Phi) is 3.44. The first kappa shape index (κ1) is 13.1. The molecule has 1 saturated heterocycles. The van der Waals surface area contributed by atoms with Gasteiger partial charge >= 0.3 is 0 Å². The summed E-state index contributed by atoms with van der Waals surface area (Å²) in [7, 11) is 0. The van der Waals surface area contributed by atoms with Gasteiger partial charge in [-0.3, -0.25) is 9.59 Å². The first-order valence-electron chi connectivity index (χ1n) is 7.07. The van der Waals surface area contributed by atoms with Gasteiger partial charge in [0.2, 0.25) is 11.8 Å². The molecule has 5 heteroatoms. The molecule has 20 heavy (non-hydrogen) atoms. The molecule has 3 rings (SSSR count). The third kappa shape index (κ3) is 2.54. The van der Waals surface area contributed by atoms with Crippen molar-refractivity contribution in [2.75, 3.05) is 18.4 Å². The Hall–Kier alpha value is -1.88. The maximum atomic E-state index is 11.9. The summed E-state index contributed by atoms with van der Waals surface area (Å²) >= 11 is 0. The molecule has 0 aliphatic carbocycles. The van der Waals surface area contributed by atoms with Gasteiger partial charge in [0, 0.05) is 25.2 Å². The molecule has 0 bridgehead atoms. The number of aryl methyl sites for hydroxylation is 1. The number of rotatable bonds is 3. The Morgan fingerprint density at radius 1 is 1.35 bits per heavy atom. The lowest BCUT2D eigenvalue weighted by Crippen LogP contribution is -2.51. The Balaban J connectivity index is 1.70. The third-order valence-electron chi connectivity index (χ3n) is 4.04. The molecule has 1 atom stereocenters. The highest BCUT2D eigenvalue weighted by Gasteiger charge is 2.26. The van der Waals surface area contributed by atoms with E-state index in [-0.39, 0.29) is 23.8 Å². The van der Waals surface area contributed by atoms with E-state index in [9.17, 15) is 9.59 Å². The van der Waals surface area contributed by atoms with Gasteiger partial charge in [0.15, 0.2) is 0 Å². The summed E-state index contributed by atoms with van der Waals surface area (Å²) in [6.07, 6.45) is 1.30.